The molecule has 0 spiro atoms. The van der Waals surface area contributed by atoms with E-state index in [1.54, 1.807) is 30.9 Å². The number of fused-ring (bicyclic) bond motifs is 1. The smallest absolute Gasteiger partial charge is 0.256 e. The van der Waals surface area contributed by atoms with Gasteiger partial charge in [0.15, 0.2) is 0 Å². The van der Waals surface area contributed by atoms with Gasteiger partial charge in [-0.2, -0.15) is 0 Å². The van der Waals surface area contributed by atoms with Crippen molar-refractivity contribution in [3.8, 4) is 11.3 Å². The first kappa shape index (κ1) is 16.0. The number of imidazole rings is 1. The summed E-state index contributed by atoms with van der Waals surface area (Å²) in [6.07, 6.45) is 6.99. The average molecular weight is 343 g/mol. The normalized spacial score (nSPS) is 10.8. The summed E-state index contributed by atoms with van der Waals surface area (Å²) in [6.45, 7) is 1.85. The Kier molecular flexibility index (Phi) is 3.93. The minimum atomic E-state index is -0.204. The number of carbonyl (C=O) groups excluding carboxylic acids is 1. The van der Waals surface area contributed by atoms with Gasteiger partial charge in [-0.05, 0) is 36.6 Å². The maximum Gasteiger partial charge on any atom is 0.256 e. The minimum absolute atomic E-state index is 0.204. The van der Waals surface area contributed by atoms with Crippen LogP contribution in [0.15, 0.2) is 61.3 Å². The minimum Gasteiger partial charge on any atom is -0.334 e. The van der Waals surface area contributed by atoms with E-state index in [1.165, 1.54) is 0 Å². The summed E-state index contributed by atoms with van der Waals surface area (Å²) in [6, 6.07) is 11.4. The first-order valence-corrected chi connectivity index (χ1v) is 8.21. The van der Waals surface area contributed by atoms with Crippen molar-refractivity contribution < 1.29 is 4.79 Å². The Balaban J connectivity index is 1.66. The number of pyridine rings is 2. The number of nitrogens with zero attached hydrogens (tertiary/aromatic N) is 4. The highest BCUT2D eigenvalue weighted by atomic mass is 16.1. The SMILES string of the molecule is Cc1cc(C(=O)Nc2cc3cc(-c4cncn4C)ccc3cn2)ccn1. The number of anilines is 1. The molecule has 6 heteroatoms. The van der Waals surface area contributed by atoms with Crippen molar-refractivity contribution in [2.75, 3.05) is 5.32 Å². The number of nitrogens with one attached hydrogen (secondary N) is 1. The number of carbonyl (C=O) groups is 1. The standard InChI is InChI=1S/C20H17N5O/c1-13-7-15(5-6-22-13)20(26)24-19-9-17-8-14(3-4-16(17)10-23-19)18-11-21-12-25(18)2/h3-12H,1-2H3,(H,23,24,26). The number of amides is 1. The van der Waals surface area contributed by atoms with Gasteiger partial charge in [-0.15, -0.1) is 0 Å². The summed E-state index contributed by atoms with van der Waals surface area (Å²) in [5, 5.41) is 4.86. The van der Waals surface area contributed by atoms with Crippen LogP contribution in [-0.4, -0.2) is 25.4 Å². The summed E-state index contributed by atoms with van der Waals surface area (Å²) >= 11 is 0. The van der Waals surface area contributed by atoms with Crippen molar-refractivity contribution in [1.82, 2.24) is 19.5 Å². The second-order valence-corrected chi connectivity index (χ2v) is 6.16. The van der Waals surface area contributed by atoms with Crippen LogP contribution in [0.25, 0.3) is 22.0 Å². The lowest BCUT2D eigenvalue weighted by Crippen LogP contribution is -2.13. The summed E-state index contributed by atoms with van der Waals surface area (Å²) in [5.74, 6) is 0.310. The van der Waals surface area contributed by atoms with E-state index in [1.807, 2.05) is 42.9 Å². The first-order valence-electron chi connectivity index (χ1n) is 8.21. The number of hydrogen-bond donors (Lipinski definition) is 1. The van der Waals surface area contributed by atoms with E-state index in [4.69, 9.17) is 0 Å². The molecule has 128 valence electrons. The number of benzene rings is 1. The average Bonchev–Trinajstić information content (AvgIpc) is 3.07. The third kappa shape index (κ3) is 3.04. The second kappa shape index (κ2) is 6.40. The van der Waals surface area contributed by atoms with Crippen LogP contribution in [0.1, 0.15) is 16.1 Å². The molecule has 0 unspecified atom stereocenters. The Hall–Kier alpha value is -3.54. The van der Waals surface area contributed by atoms with Crippen LogP contribution in [-0.2, 0) is 7.05 Å². The van der Waals surface area contributed by atoms with Crippen molar-refractivity contribution in [1.29, 1.82) is 0 Å². The molecule has 3 heterocycles. The van der Waals surface area contributed by atoms with E-state index in [9.17, 15) is 4.79 Å². The molecule has 3 aromatic heterocycles. The summed E-state index contributed by atoms with van der Waals surface area (Å²) in [5.41, 5.74) is 3.44. The molecule has 4 rings (SSSR count). The van der Waals surface area contributed by atoms with Crippen molar-refractivity contribution in [3.63, 3.8) is 0 Å². The van der Waals surface area contributed by atoms with E-state index in [2.05, 4.69) is 26.3 Å². The zero-order valence-corrected chi connectivity index (χ0v) is 14.5. The van der Waals surface area contributed by atoms with Gasteiger partial charge >= 0.3 is 0 Å². The fraction of sp³-hybridized carbons (Fsp3) is 0.100. The Bertz CT molecular complexity index is 1120. The van der Waals surface area contributed by atoms with Crippen molar-refractivity contribution >= 4 is 22.5 Å². The number of hydrogen-bond acceptors (Lipinski definition) is 4. The molecule has 0 saturated carbocycles. The highest BCUT2D eigenvalue weighted by molar-refractivity contribution is 6.04. The maximum atomic E-state index is 12.4. The van der Waals surface area contributed by atoms with Crippen LogP contribution in [0.2, 0.25) is 0 Å². The van der Waals surface area contributed by atoms with Gasteiger partial charge < -0.3 is 9.88 Å². The van der Waals surface area contributed by atoms with Gasteiger partial charge in [0.05, 0.1) is 18.2 Å². The molecule has 0 saturated heterocycles. The van der Waals surface area contributed by atoms with Gasteiger partial charge in [-0.1, -0.05) is 12.1 Å². The molecule has 0 bridgehead atoms. The largest absolute Gasteiger partial charge is 0.334 e. The van der Waals surface area contributed by atoms with Crippen LogP contribution >= 0.6 is 0 Å². The zero-order valence-electron chi connectivity index (χ0n) is 14.5. The molecule has 0 atom stereocenters. The topological polar surface area (TPSA) is 72.7 Å². The molecule has 0 fully saturated rings. The summed E-state index contributed by atoms with van der Waals surface area (Å²) < 4.78 is 1.97. The maximum absolute atomic E-state index is 12.4. The number of aromatic nitrogens is 4. The molecule has 0 radical (unpaired) electrons. The third-order valence-corrected chi connectivity index (χ3v) is 4.23. The Labute approximate surface area is 150 Å². The Morgan fingerprint density at radius 1 is 1.04 bits per heavy atom. The Morgan fingerprint density at radius 2 is 1.92 bits per heavy atom. The van der Waals surface area contributed by atoms with Crippen LogP contribution in [0, 0.1) is 6.92 Å². The van der Waals surface area contributed by atoms with Gasteiger partial charge in [0.1, 0.15) is 5.82 Å². The molecule has 1 aromatic carbocycles. The predicted molar refractivity (Wildman–Crippen MR) is 101 cm³/mol. The Morgan fingerprint density at radius 3 is 2.69 bits per heavy atom. The molecule has 0 aliphatic heterocycles. The van der Waals surface area contributed by atoms with E-state index in [0.29, 0.717) is 11.4 Å². The van der Waals surface area contributed by atoms with E-state index >= 15 is 0 Å². The summed E-state index contributed by atoms with van der Waals surface area (Å²) in [4.78, 5) is 25.0. The lowest BCUT2D eigenvalue weighted by atomic mass is 10.1. The van der Waals surface area contributed by atoms with Gasteiger partial charge in [0.2, 0.25) is 0 Å². The molecule has 26 heavy (non-hydrogen) atoms. The fourth-order valence-electron chi connectivity index (χ4n) is 2.88. The number of rotatable bonds is 3. The zero-order chi connectivity index (χ0) is 18.1. The highest BCUT2D eigenvalue weighted by Crippen LogP contribution is 2.25. The quantitative estimate of drug-likeness (QED) is 0.617. The van der Waals surface area contributed by atoms with Crippen molar-refractivity contribution in [3.05, 3.63) is 72.6 Å². The van der Waals surface area contributed by atoms with Crippen molar-refractivity contribution in [2.24, 2.45) is 7.05 Å². The molecular weight excluding hydrogens is 326 g/mol. The lowest BCUT2D eigenvalue weighted by molar-refractivity contribution is 0.102. The van der Waals surface area contributed by atoms with Crippen LogP contribution in [0.4, 0.5) is 5.82 Å². The van der Waals surface area contributed by atoms with E-state index in [-0.39, 0.29) is 5.91 Å². The van der Waals surface area contributed by atoms with E-state index < -0.39 is 0 Å². The first-order chi connectivity index (χ1) is 12.6. The van der Waals surface area contributed by atoms with Crippen LogP contribution in [0.5, 0.6) is 0 Å². The molecular formula is C20H17N5O. The van der Waals surface area contributed by atoms with Gasteiger partial charge in [-0.3, -0.25) is 9.78 Å². The van der Waals surface area contributed by atoms with Crippen LogP contribution < -0.4 is 5.32 Å². The second-order valence-electron chi connectivity index (χ2n) is 6.16. The third-order valence-electron chi connectivity index (χ3n) is 4.23. The summed E-state index contributed by atoms with van der Waals surface area (Å²) in [7, 11) is 1.96. The molecule has 4 aromatic rings. The van der Waals surface area contributed by atoms with Crippen molar-refractivity contribution in [2.45, 2.75) is 6.92 Å². The lowest BCUT2D eigenvalue weighted by Gasteiger charge is -2.08. The monoisotopic (exact) mass is 343 g/mol. The molecule has 1 N–H and O–H groups in total. The molecule has 0 aliphatic rings. The van der Waals surface area contributed by atoms with E-state index in [0.717, 1.165) is 27.7 Å². The molecule has 6 nitrogen and oxygen atoms in total. The van der Waals surface area contributed by atoms with Gasteiger partial charge in [0, 0.05) is 41.6 Å². The fourth-order valence-corrected chi connectivity index (χ4v) is 2.88. The molecule has 1 amide bonds. The highest BCUT2D eigenvalue weighted by Gasteiger charge is 2.09. The number of aryl methyl sites for hydroxylation is 2. The van der Waals surface area contributed by atoms with Gasteiger partial charge in [-0.25, -0.2) is 9.97 Å². The predicted octanol–water partition coefficient (Wildman–Crippen LogP) is 3.59. The van der Waals surface area contributed by atoms with Gasteiger partial charge in [0.25, 0.3) is 5.91 Å². The van der Waals surface area contributed by atoms with Crippen LogP contribution in [0.3, 0.4) is 0 Å². The molecule has 0 aliphatic carbocycles.